The fourth-order valence-corrected chi connectivity index (χ4v) is 4.29. The molecule has 1 N–H and O–H groups in total. The van der Waals surface area contributed by atoms with Crippen LogP contribution >= 0.6 is 0 Å². The summed E-state index contributed by atoms with van der Waals surface area (Å²) < 4.78 is 51.4. The number of hydrogen-bond donors (Lipinski definition) is 1. The molecule has 0 aliphatic carbocycles. The number of piperidine rings is 1. The van der Waals surface area contributed by atoms with Gasteiger partial charge in [0.25, 0.3) is 0 Å². The minimum Gasteiger partial charge on any atom is -0.491 e. The second-order valence-electron chi connectivity index (χ2n) is 9.12. The molecule has 4 rings (SSSR count). The first-order valence-corrected chi connectivity index (χ1v) is 11.5. The quantitative estimate of drug-likeness (QED) is 0.508. The van der Waals surface area contributed by atoms with Gasteiger partial charge in [-0.15, -0.1) is 0 Å². The summed E-state index contributed by atoms with van der Waals surface area (Å²) in [5.41, 5.74) is 0.640. The first-order valence-electron chi connectivity index (χ1n) is 11.5. The molecule has 0 saturated carbocycles. The van der Waals surface area contributed by atoms with E-state index in [-0.39, 0.29) is 5.92 Å². The summed E-state index contributed by atoms with van der Waals surface area (Å²) in [6.45, 7) is 7.80. The Morgan fingerprint density at radius 2 is 1.94 bits per heavy atom. The highest BCUT2D eigenvalue weighted by Crippen LogP contribution is 2.34. The third-order valence-electron chi connectivity index (χ3n) is 6.21. The topological polar surface area (TPSA) is 94.1 Å². The van der Waals surface area contributed by atoms with Crippen molar-refractivity contribution >= 4 is 11.8 Å². The molecule has 1 saturated heterocycles. The van der Waals surface area contributed by atoms with Crippen molar-refractivity contribution in [1.29, 1.82) is 0 Å². The lowest BCUT2D eigenvalue weighted by atomic mass is 9.97. The monoisotopic (exact) mass is 493 g/mol. The number of imidazole rings is 1. The van der Waals surface area contributed by atoms with Crippen molar-refractivity contribution < 1.29 is 22.4 Å². The second kappa shape index (κ2) is 9.74. The Morgan fingerprint density at radius 1 is 1.23 bits per heavy atom. The summed E-state index contributed by atoms with van der Waals surface area (Å²) in [5, 5.41) is 7.46. The third kappa shape index (κ3) is 5.20. The molecule has 0 aromatic carbocycles. The van der Waals surface area contributed by atoms with Crippen LogP contribution in [-0.4, -0.2) is 51.4 Å². The van der Waals surface area contributed by atoms with Crippen molar-refractivity contribution in [1.82, 2.24) is 24.7 Å². The largest absolute Gasteiger partial charge is 0.491 e. The molecule has 0 radical (unpaired) electrons. The minimum atomic E-state index is -4.45. The van der Waals surface area contributed by atoms with E-state index in [0.717, 1.165) is 36.1 Å². The molecular formula is C23H30F3N7O2. The maximum atomic E-state index is 13.0. The Hall–Kier alpha value is -3.31. The Kier molecular flexibility index (Phi) is 6.91. The van der Waals surface area contributed by atoms with Crippen LogP contribution < -0.4 is 15.0 Å². The molecule has 1 aliphatic heterocycles. The number of methoxy groups -OCH3 is 1. The van der Waals surface area contributed by atoms with Gasteiger partial charge in [-0.2, -0.15) is 13.2 Å². The van der Waals surface area contributed by atoms with Crippen LogP contribution in [0.2, 0.25) is 0 Å². The Morgan fingerprint density at radius 3 is 2.54 bits per heavy atom. The smallest absolute Gasteiger partial charge is 0.434 e. The van der Waals surface area contributed by atoms with Crippen molar-refractivity contribution in [3.63, 3.8) is 0 Å². The molecule has 9 nitrogen and oxygen atoms in total. The summed E-state index contributed by atoms with van der Waals surface area (Å²) in [4.78, 5) is 14.9. The van der Waals surface area contributed by atoms with E-state index in [1.807, 2.05) is 25.7 Å². The lowest BCUT2D eigenvalue weighted by molar-refractivity contribution is -0.140. The van der Waals surface area contributed by atoms with Crippen LogP contribution in [0.3, 0.4) is 0 Å². The van der Waals surface area contributed by atoms with E-state index >= 15 is 0 Å². The normalized spacial score (nSPS) is 15.2. The molecule has 4 heterocycles. The Balaban J connectivity index is 1.42. The van der Waals surface area contributed by atoms with Gasteiger partial charge in [-0.3, -0.25) is 0 Å². The summed E-state index contributed by atoms with van der Waals surface area (Å²) in [7, 11) is 3.15. The molecule has 0 unspecified atom stereocenters. The van der Waals surface area contributed by atoms with Gasteiger partial charge < -0.3 is 24.0 Å². The molecule has 0 spiro atoms. The summed E-state index contributed by atoms with van der Waals surface area (Å²) in [6.07, 6.45) is -0.171. The van der Waals surface area contributed by atoms with E-state index in [0.29, 0.717) is 48.9 Å². The third-order valence-corrected chi connectivity index (χ3v) is 6.21. The predicted octanol–water partition coefficient (Wildman–Crippen LogP) is 4.65. The zero-order chi connectivity index (χ0) is 25.3. The number of aromatic nitrogens is 5. The molecule has 3 aromatic heterocycles. The van der Waals surface area contributed by atoms with Gasteiger partial charge in [0.15, 0.2) is 28.8 Å². The van der Waals surface area contributed by atoms with Crippen molar-refractivity contribution in [2.75, 3.05) is 37.0 Å². The number of nitrogens with one attached hydrogen (secondary N) is 1. The molecule has 0 atom stereocenters. The molecule has 0 bridgehead atoms. The highest BCUT2D eigenvalue weighted by atomic mass is 19.4. The number of halogens is 3. The fraction of sp³-hybridized carbons (Fsp3) is 0.565. The van der Waals surface area contributed by atoms with Crippen molar-refractivity contribution in [2.24, 2.45) is 13.0 Å². The van der Waals surface area contributed by atoms with Crippen LogP contribution in [0.25, 0.3) is 11.4 Å². The van der Waals surface area contributed by atoms with Gasteiger partial charge in [0.2, 0.25) is 5.95 Å². The molecule has 1 aliphatic rings. The van der Waals surface area contributed by atoms with E-state index < -0.39 is 11.9 Å². The van der Waals surface area contributed by atoms with E-state index in [1.54, 1.807) is 20.4 Å². The van der Waals surface area contributed by atoms with Gasteiger partial charge in [-0.05, 0) is 25.7 Å². The SMILES string of the molecule is COc1cnc(-c2c(C)noc2C(C)C)nc1NCC1CCN(c2nc(C(F)(F)F)cn2C)CC1. The van der Waals surface area contributed by atoms with Crippen LogP contribution in [0.5, 0.6) is 5.75 Å². The standard InChI is InChI=1S/C23H30F3N7O2/c1-13(2)19-18(14(3)31-35-19)21-28-11-16(34-5)20(30-21)27-10-15-6-8-33(9-7-15)22-29-17(12-32(22)4)23(24,25)26/h11-13,15H,6-10H2,1-5H3,(H,27,28,30). The lowest BCUT2D eigenvalue weighted by Crippen LogP contribution is -2.37. The van der Waals surface area contributed by atoms with E-state index in [2.05, 4.69) is 20.4 Å². The number of hydrogen-bond acceptors (Lipinski definition) is 8. The first kappa shape index (κ1) is 24.8. The predicted molar refractivity (Wildman–Crippen MR) is 125 cm³/mol. The summed E-state index contributed by atoms with van der Waals surface area (Å²) in [6, 6.07) is 0. The van der Waals surface area contributed by atoms with Crippen molar-refractivity contribution in [2.45, 2.75) is 45.7 Å². The zero-order valence-corrected chi connectivity index (χ0v) is 20.5. The van der Waals surface area contributed by atoms with Crippen LogP contribution in [0.1, 0.15) is 49.8 Å². The number of alkyl halides is 3. The molecule has 3 aromatic rings. The van der Waals surface area contributed by atoms with E-state index in [1.165, 1.54) is 4.57 Å². The van der Waals surface area contributed by atoms with E-state index in [9.17, 15) is 13.2 Å². The van der Waals surface area contributed by atoms with E-state index in [4.69, 9.17) is 14.2 Å². The highest BCUT2D eigenvalue weighted by Gasteiger charge is 2.35. The van der Waals surface area contributed by atoms with Gasteiger partial charge in [0.05, 0.1) is 24.6 Å². The number of rotatable bonds is 7. The average Bonchev–Trinajstić information content (AvgIpc) is 3.40. The maximum absolute atomic E-state index is 13.0. The van der Waals surface area contributed by atoms with Crippen LogP contribution in [0.15, 0.2) is 16.9 Å². The summed E-state index contributed by atoms with van der Waals surface area (Å²) in [5.74, 6) is 3.14. The second-order valence-corrected chi connectivity index (χ2v) is 9.12. The molecule has 0 amide bonds. The van der Waals surface area contributed by atoms with Gasteiger partial charge in [0, 0.05) is 38.8 Å². The molecular weight excluding hydrogens is 463 g/mol. The van der Waals surface area contributed by atoms with Crippen molar-refractivity contribution in [3.8, 4) is 17.1 Å². The van der Waals surface area contributed by atoms with Crippen LogP contribution in [0, 0.1) is 12.8 Å². The maximum Gasteiger partial charge on any atom is 0.434 e. The fourth-order valence-electron chi connectivity index (χ4n) is 4.29. The Labute approximate surface area is 201 Å². The van der Waals surface area contributed by atoms with Gasteiger partial charge in [-0.25, -0.2) is 15.0 Å². The number of nitrogens with zero attached hydrogens (tertiary/aromatic N) is 6. The van der Waals surface area contributed by atoms with Gasteiger partial charge in [0.1, 0.15) is 0 Å². The molecule has 35 heavy (non-hydrogen) atoms. The number of aryl methyl sites for hydroxylation is 2. The molecule has 190 valence electrons. The highest BCUT2D eigenvalue weighted by molar-refractivity contribution is 5.64. The molecule has 1 fully saturated rings. The molecule has 12 heteroatoms. The zero-order valence-electron chi connectivity index (χ0n) is 20.5. The van der Waals surface area contributed by atoms with Gasteiger partial charge in [-0.1, -0.05) is 19.0 Å². The summed E-state index contributed by atoms with van der Waals surface area (Å²) >= 11 is 0. The first-order chi connectivity index (χ1) is 16.6. The van der Waals surface area contributed by atoms with Crippen LogP contribution in [0.4, 0.5) is 24.9 Å². The average molecular weight is 494 g/mol. The number of ether oxygens (including phenoxy) is 1. The van der Waals surface area contributed by atoms with Crippen molar-refractivity contribution in [3.05, 3.63) is 29.5 Å². The van der Waals surface area contributed by atoms with Gasteiger partial charge >= 0.3 is 6.18 Å². The minimum absolute atomic E-state index is 0.129. The number of anilines is 2. The van der Waals surface area contributed by atoms with Crippen LogP contribution in [-0.2, 0) is 13.2 Å². The Bertz CT molecular complexity index is 1160. The lowest BCUT2D eigenvalue weighted by Gasteiger charge is -2.32.